The average molecular weight is 178 g/mol. The minimum absolute atomic E-state index is 0.0462. The molecule has 1 heteroatoms. The molecule has 13 heavy (non-hydrogen) atoms. The van der Waals surface area contributed by atoms with Crippen LogP contribution in [0.5, 0.6) is 0 Å². The van der Waals surface area contributed by atoms with Crippen LogP contribution in [0.1, 0.15) is 33.1 Å². The van der Waals surface area contributed by atoms with E-state index in [1.54, 1.807) is 0 Å². The fourth-order valence-electron chi connectivity index (χ4n) is 3.23. The van der Waals surface area contributed by atoms with Crippen molar-refractivity contribution in [2.45, 2.75) is 33.1 Å². The van der Waals surface area contributed by atoms with E-state index in [0.29, 0.717) is 17.8 Å². The summed E-state index contributed by atoms with van der Waals surface area (Å²) >= 11 is 0. The van der Waals surface area contributed by atoms with E-state index in [2.05, 4.69) is 26.0 Å². The SMILES string of the molecule is CCCC1C2C=CC(C2)C1(C)C=O. The molecule has 2 rings (SSSR count). The normalized spacial score (nSPS) is 47.1. The van der Waals surface area contributed by atoms with Crippen molar-refractivity contribution in [2.75, 3.05) is 0 Å². The second-order valence-electron chi connectivity index (χ2n) is 4.77. The third-order valence-electron chi connectivity index (χ3n) is 4.09. The van der Waals surface area contributed by atoms with E-state index in [-0.39, 0.29) is 5.41 Å². The van der Waals surface area contributed by atoms with Gasteiger partial charge in [-0.25, -0.2) is 0 Å². The Kier molecular flexibility index (Phi) is 2.05. The maximum Gasteiger partial charge on any atom is 0.126 e. The summed E-state index contributed by atoms with van der Waals surface area (Å²) in [5.41, 5.74) is -0.0462. The predicted octanol–water partition coefficient (Wildman–Crippen LogP) is 2.81. The molecule has 0 N–H and O–H groups in total. The molecular formula is C12H18O. The summed E-state index contributed by atoms with van der Waals surface area (Å²) in [7, 11) is 0. The van der Waals surface area contributed by atoms with Gasteiger partial charge in [0, 0.05) is 5.41 Å². The Morgan fingerprint density at radius 2 is 2.31 bits per heavy atom. The molecule has 4 unspecified atom stereocenters. The van der Waals surface area contributed by atoms with Crippen molar-refractivity contribution in [2.24, 2.45) is 23.2 Å². The second kappa shape index (κ2) is 2.97. The van der Waals surface area contributed by atoms with Gasteiger partial charge >= 0.3 is 0 Å². The molecule has 0 saturated heterocycles. The zero-order valence-electron chi connectivity index (χ0n) is 8.49. The van der Waals surface area contributed by atoms with Gasteiger partial charge in [0.1, 0.15) is 6.29 Å². The third kappa shape index (κ3) is 1.09. The van der Waals surface area contributed by atoms with Gasteiger partial charge in [-0.2, -0.15) is 0 Å². The standard InChI is InChI=1S/C12H18O/c1-3-4-11-9-5-6-10(7-9)12(11,2)8-13/h5-6,8-11H,3-4,7H2,1-2H3. The van der Waals surface area contributed by atoms with Crippen molar-refractivity contribution in [1.82, 2.24) is 0 Å². The molecule has 0 amide bonds. The summed E-state index contributed by atoms with van der Waals surface area (Å²) in [5, 5.41) is 0. The highest BCUT2D eigenvalue weighted by molar-refractivity contribution is 5.62. The molecule has 0 radical (unpaired) electrons. The van der Waals surface area contributed by atoms with Gasteiger partial charge in [0.15, 0.2) is 0 Å². The minimum atomic E-state index is -0.0462. The van der Waals surface area contributed by atoms with Crippen LogP contribution in [-0.2, 0) is 4.79 Å². The van der Waals surface area contributed by atoms with Crippen molar-refractivity contribution in [3.63, 3.8) is 0 Å². The second-order valence-corrected chi connectivity index (χ2v) is 4.77. The number of aldehydes is 1. The number of hydrogen-bond acceptors (Lipinski definition) is 1. The molecule has 72 valence electrons. The van der Waals surface area contributed by atoms with Crippen LogP contribution in [-0.4, -0.2) is 6.29 Å². The van der Waals surface area contributed by atoms with E-state index < -0.39 is 0 Å². The molecule has 0 aromatic heterocycles. The van der Waals surface area contributed by atoms with Gasteiger partial charge in [-0.3, -0.25) is 0 Å². The third-order valence-corrected chi connectivity index (χ3v) is 4.09. The lowest BCUT2D eigenvalue weighted by molar-refractivity contribution is -0.119. The molecule has 0 heterocycles. The van der Waals surface area contributed by atoms with Gasteiger partial charge in [0.05, 0.1) is 0 Å². The van der Waals surface area contributed by atoms with Crippen LogP contribution in [0.4, 0.5) is 0 Å². The van der Waals surface area contributed by atoms with Gasteiger partial charge in [-0.05, 0) is 30.6 Å². The average Bonchev–Trinajstić information content (AvgIpc) is 2.69. The summed E-state index contributed by atoms with van der Waals surface area (Å²) in [6.45, 7) is 4.36. The summed E-state index contributed by atoms with van der Waals surface area (Å²) in [5.74, 6) is 1.84. The van der Waals surface area contributed by atoms with E-state index >= 15 is 0 Å². The van der Waals surface area contributed by atoms with Crippen molar-refractivity contribution in [3.8, 4) is 0 Å². The zero-order valence-corrected chi connectivity index (χ0v) is 8.49. The van der Waals surface area contributed by atoms with Crippen molar-refractivity contribution < 1.29 is 4.79 Å². The van der Waals surface area contributed by atoms with Crippen molar-refractivity contribution >= 4 is 6.29 Å². The van der Waals surface area contributed by atoms with Crippen LogP contribution in [0.25, 0.3) is 0 Å². The number of fused-ring (bicyclic) bond motifs is 2. The highest BCUT2D eigenvalue weighted by atomic mass is 16.1. The van der Waals surface area contributed by atoms with Crippen molar-refractivity contribution in [1.29, 1.82) is 0 Å². The molecule has 1 saturated carbocycles. The maximum atomic E-state index is 11.2. The summed E-state index contributed by atoms with van der Waals surface area (Å²) in [6, 6.07) is 0. The first-order chi connectivity index (χ1) is 6.22. The number of hydrogen-bond donors (Lipinski definition) is 0. The fourth-order valence-corrected chi connectivity index (χ4v) is 3.23. The topological polar surface area (TPSA) is 17.1 Å². The number of carbonyl (C=O) groups is 1. The lowest BCUT2D eigenvalue weighted by Crippen LogP contribution is -2.32. The van der Waals surface area contributed by atoms with E-state index in [1.807, 2.05) is 0 Å². The van der Waals surface area contributed by atoms with Crippen LogP contribution >= 0.6 is 0 Å². The summed E-state index contributed by atoms with van der Waals surface area (Å²) < 4.78 is 0. The maximum absolute atomic E-state index is 11.2. The van der Waals surface area contributed by atoms with E-state index in [0.717, 1.165) is 0 Å². The van der Waals surface area contributed by atoms with Crippen LogP contribution in [0.3, 0.4) is 0 Å². The first-order valence-electron chi connectivity index (χ1n) is 5.37. The minimum Gasteiger partial charge on any atom is -0.303 e. The van der Waals surface area contributed by atoms with Crippen LogP contribution < -0.4 is 0 Å². The fraction of sp³-hybridized carbons (Fsp3) is 0.750. The number of allylic oxidation sites excluding steroid dienone is 2. The first-order valence-corrected chi connectivity index (χ1v) is 5.37. The molecule has 0 aromatic carbocycles. The van der Waals surface area contributed by atoms with Gasteiger partial charge in [0.25, 0.3) is 0 Å². The van der Waals surface area contributed by atoms with E-state index in [4.69, 9.17) is 0 Å². The Hall–Kier alpha value is -0.590. The number of rotatable bonds is 3. The van der Waals surface area contributed by atoms with Crippen molar-refractivity contribution in [3.05, 3.63) is 12.2 Å². The Labute approximate surface area is 80.2 Å². The Morgan fingerprint density at radius 1 is 1.54 bits per heavy atom. The molecule has 0 aliphatic heterocycles. The van der Waals surface area contributed by atoms with Crippen LogP contribution in [0.2, 0.25) is 0 Å². The monoisotopic (exact) mass is 178 g/mol. The Balaban J connectivity index is 2.25. The van der Waals surface area contributed by atoms with E-state index in [9.17, 15) is 4.79 Å². The molecule has 1 fully saturated rings. The molecule has 4 atom stereocenters. The highest BCUT2D eigenvalue weighted by Gasteiger charge is 2.52. The summed E-state index contributed by atoms with van der Waals surface area (Å²) in [4.78, 5) is 11.2. The quantitative estimate of drug-likeness (QED) is 0.480. The summed E-state index contributed by atoms with van der Waals surface area (Å²) in [6.07, 6.45) is 9.43. The first kappa shape index (κ1) is 8.98. The Bertz CT molecular complexity index is 244. The lowest BCUT2D eigenvalue weighted by atomic mass is 9.69. The number of carbonyl (C=O) groups excluding carboxylic acids is 1. The molecule has 1 nitrogen and oxygen atoms in total. The largest absolute Gasteiger partial charge is 0.303 e. The van der Waals surface area contributed by atoms with Gasteiger partial charge in [0.2, 0.25) is 0 Å². The predicted molar refractivity (Wildman–Crippen MR) is 53.3 cm³/mol. The molecule has 2 bridgehead atoms. The lowest BCUT2D eigenvalue weighted by Gasteiger charge is -2.33. The molecular weight excluding hydrogens is 160 g/mol. The zero-order chi connectivity index (χ0) is 9.47. The van der Waals surface area contributed by atoms with Gasteiger partial charge in [-0.15, -0.1) is 0 Å². The van der Waals surface area contributed by atoms with Crippen LogP contribution in [0.15, 0.2) is 12.2 Å². The molecule has 0 aromatic rings. The van der Waals surface area contributed by atoms with Gasteiger partial charge in [-0.1, -0.05) is 32.4 Å². The molecule has 2 aliphatic rings. The molecule has 0 spiro atoms. The molecule has 2 aliphatic carbocycles. The van der Waals surface area contributed by atoms with Gasteiger partial charge < -0.3 is 4.79 Å². The smallest absolute Gasteiger partial charge is 0.126 e. The highest BCUT2D eigenvalue weighted by Crippen LogP contribution is 2.56. The Morgan fingerprint density at radius 3 is 2.92 bits per heavy atom. The van der Waals surface area contributed by atoms with E-state index in [1.165, 1.54) is 25.5 Å². The van der Waals surface area contributed by atoms with Crippen LogP contribution in [0, 0.1) is 23.2 Å².